The molecular formula is C19H15Cl2N3O3. The molecule has 27 heavy (non-hydrogen) atoms. The number of nitrogens with one attached hydrogen (secondary N) is 2. The van der Waals surface area contributed by atoms with Crippen molar-refractivity contribution in [2.45, 2.75) is 6.54 Å². The van der Waals surface area contributed by atoms with Crippen molar-refractivity contribution in [3.8, 4) is 6.07 Å². The zero-order chi connectivity index (χ0) is 19.8. The summed E-state index contributed by atoms with van der Waals surface area (Å²) in [6.07, 6.45) is 1.31. The number of hydrogen-bond donors (Lipinski definition) is 2. The lowest BCUT2D eigenvalue weighted by molar-refractivity contribution is -0.112. The van der Waals surface area contributed by atoms with Crippen molar-refractivity contribution in [3.05, 3.63) is 75.4 Å². The van der Waals surface area contributed by atoms with Gasteiger partial charge in [0.25, 0.3) is 5.91 Å². The van der Waals surface area contributed by atoms with Crippen molar-refractivity contribution in [3.63, 3.8) is 0 Å². The third-order valence-corrected chi connectivity index (χ3v) is 4.02. The van der Waals surface area contributed by atoms with Crippen LogP contribution < -0.4 is 10.6 Å². The highest BCUT2D eigenvalue weighted by atomic mass is 35.5. The number of carbonyl (C=O) groups is 2. The Labute approximate surface area is 166 Å². The standard InChI is InChI=1S/C19H15Cl2N3O3/c1-27-19(26)13-4-2-12(3-5-13)10-23-11-14(9-22)18(25)24-17-7-6-15(20)8-16(17)21/h2-8,11,23H,10H2,1H3,(H,24,25)/b14-11-. The number of methoxy groups -OCH3 is 1. The quantitative estimate of drug-likeness (QED) is 0.433. The smallest absolute Gasteiger partial charge is 0.337 e. The largest absolute Gasteiger partial charge is 0.465 e. The predicted octanol–water partition coefficient (Wildman–Crippen LogP) is 3.92. The molecule has 0 saturated heterocycles. The van der Waals surface area contributed by atoms with Gasteiger partial charge in [0.2, 0.25) is 0 Å². The predicted molar refractivity (Wildman–Crippen MR) is 103 cm³/mol. The second-order valence-corrected chi connectivity index (χ2v) is 6.16. The summed E-state index contributed by atoms with van der Waals surface area (Å²) in [6, 6.07) is 13.2. The number of anilines is 1. The molecule has 1 amide bonds. The number of nitriles is 1. The summed E-state index contributed by atoms with van der Waals surface area (Å²) in [4.78, 5) is 23.6. The first kappa shape index (κ1) is 20.3. The van der Waals surface area contributed by atoms with Crippen LogP contribution in [0.5, 0.6) is 0 Å². The van der Waals surface area contributed by atoms with Crippen molar-refractivity contribution in [1.29, 1.82) is 5.26 Å². The van der Waals surface area contributed by atoms with Crippen LogP contribution in [0.1, 0.15) is 15.9 Å². The number of hydrogen-bond acceptors (Lipinski definition) is 5. The Bertz CT molecular complexity index is 919. The monoisotopic (exact) mass is 403 g/mol. The van der Waals surface area contributed by atoms with Crippen molar-refractivity contribution in [1.82, 2.24) is 5.32 Å². The molecule has 0 unspecified atom stereocenters. The first-order valence-electron chi connectivity index (χ1n) is 7.72. The molecular weight excluding hydrogens is 389 g/mol. The lowest BCUT2D eigenvalue weighted by Crippen LogP contribution is -2.17. The Morgan fingerprint density at radius 3 is 2.48 bits per heavy atom. The number of ether oxygens (including phenoxy) is 1. The number of halogens is 2. The van der Waals surface area contributed by atoms with E-state index in [9.17, 15) is 14.9 Å². The Morgan fingerprint density at radius 1 is 1.19 bits per heavy atom. The summed E-state index contributed by atoms with van der Waals surface area (Å²) in [5.74, 6) is -1.02. The fraction of sp³-hybridized carbons (Fsp3) is 0.105. The molecule has 0 atom stereocenters. The number of rotatable bonds is 6. The Balaban J connectivity index is 1.98. The molecule has 0 aliphatic carbocycles. The zero-order valence-corrected chi connectivity index (χ0v) is 15.8. The number of carbonyl (C=O) groups excluding carboxylic acids is 2. The maximum Gasteiger partial charge on any atom is 0.337 e. The Morgan fingerprint density at radius 2 is 1.89 bits per heavy atom. The first-order chi connectivity index (χ1) is 12.9. The number of benzene rings is 2. The van der Waals surface area contributed by atoms with Crippen LogP contribution in [0.4, 0.5) is 5.69 Å². The number of nitrogens with zero attached hydrogens (tertiary/aromatic N) is 1. The van der Waals surface area contributed by atoms with E-state index in [4.69, 9.17) is 23.2 Å². The highest BCUT2D eigenvalue weighted by molar-refractivity contribution is 6.36. The van der Waals surface area contributed by atoms with E-state index in [-0.39, 0.29) is 10.6 Å². The van der Waals surface area contributed by atoms with Gasteiger partial charge in [-0.2, -0.15) is 5.26 Å². The summed E-state index contributed by atoms with van der Waals surface area (Å²) >= 11 is 11.8. The van der Waals surface area contributed by atoms with E-state index < -0.39 is 11.9 Å². The van der Waals surface area contributed by atoms with E-state index in [2.05, 4.69) is 15.4 Å². The van der Waals surface area contributed by atoms with Crippen LogP contribution >= 0.6 is 23.2 Å². The van der Waals surface area contributed by atoms with E-state index in [0.717, 1.165) is 5.56 Å². The summed E-state index contributed by atoms with van der Waals surface area (Å²) in [5.41, 5.74) is 1.53. The zero-order valence-electron chi connectivity index (χ0n) is 14.3. The van der Waals surface area contributed by atoms with Gasteiger partial charge in [0.15, 0.2) is 0 Å². The molecule has 0 heterocycles. The van der Waals surface area contributed by atoms with Gasteiger partial charge >= 0.3 is 5.97 Å². The van der Waals surface area contributed by atoms with Gasteiger partial charge in [-0.05, 0) is 35.9 Å². The van der Waals surface area contributed by atoms with Gasteiger partial charge in [0.1, 0.15) is 11.6 Å². The maximum absolute atomic E-state index is 12.2. The molecule has 0 bridgehead atoms. The topological polar surface area (TPSA) is 91.2 Å². The average molecular weight is 404 g/mol. The average Bonchev–Trinajstić information content (AvgIpc) is 2.67. The Hall–Kier alpha value is -3.01. The van der Waals surface area contributed by atoms with Crippen LogP contribution in [0.15, 0.2) is 54.2 Å². The normalized spacial score (nSPS) is 10.7. The lowest BCUT2D eigenvalue weighted by Gasteiger charge is -2.07. The van der Waals surface area contributed by atoms with E-state index in [0.29, 0.717) is 22.8 Å². The summed E-state index contributed by atoms with van der Waals surface area (Å²) < 4.78 is 4.63. The van der Waals surface area contributed by atoms with E-state index >= 15 is 0 Å². The molecule has 138 valence electrons. The van der Waals surface area contributed by atoms with Crippen LogP contribution in [0.25, 0.3) is 0 Å². The van der Waals surface area contributed by atoms with Gasteiger partial charge in [-0.3, -0.25) is 4.79 Å². The SMILES string of the molecule is COC(=O)c1ccc(CN/C=C(/C#N)C(=O)Nc2ccc(Cl)cc2Cl)cc1. The van der Waals surface area contributed by atoms with E-state index in [1.807, 2.05) is 6.07 Å². The number of amides is 1. The molecule has 2 N–H and O–H groups in total. The van der Waals surface area contributed by atoms with Gasteiger partial charge in [-0.25, -0.2) is 4.79 Å². The van der Waals surface area contributed by atoms with Crippen molar-refractivity contribution < 1.29 is 14.3 Å². The van der Waals surface area contributed by atoms with E-state index in [1.165, 1.54) is 19.4 Å². The van der Waals surface area contributed by atoms with Crippen molar-refractivity contribution in [2.24, 2.45) is 0 Å². The molecule has 0 fully saturated rings. The molecule has 8 heteroatoms. The maximum atomic E-state index is 12.2. The van der Waals surface area contributed by atoms with Crippen LogP contribution in [0.3, 0.4) is 0 Å². The van der Waals surface area contributed by atoms with Gasteiger partial charge in [-0.15, -0.1) is 0 Å². The second kappa shape index (κ2) is 9.62. The van der Waals surface area contributed by atoms with Crippen molar-refractivity contribution in [2.75, 3.05) is 12.4 Å². The van der Waals surface area contributed by atoms with E-state index in [1.54, 1.807) is 36.4 Å². The van der Waals surface area contributed by atoms with Gasteiger partial charge < -0.3 is 15.4 Å². The molecule has 2 aromatic rings. The molecule has 0 aliphatic rings. The summed E-state index contributed by atoms with van der Waals surface area (Å²) in [7, 11) is 1.31. The van der Waals surface area contributed by atoms with Gasteiger partial charge in [0, 0.05) is 17.8 Å². The fourth-order valence-electron chi connectivity index (χ4n) is 2.08. The highest BCUT2D eigenvalue weighted by Gasteiger charge is 2.11. The third-order valence-electron chi connectivity index (χ3n) is 3.47. The molecule has 6 nitrogen and oxygen atoms in total. The molecule has 2 rings (SSSR count). The molecule has 2 aromatic carbocycles. The minimum Gasteiger partial charge on any atom is -0.465 e. The molecule has 0 aromatic heterocycles. The molecule has 0 spiro atoms. The summed E-state index contributed by atoms with van der Waals surface area (Å²) in [6.45, 7) is 0.363. The van der Waals surface area contributed by atoms with Gasteiger partial charge in [0.05, 0.1) is 23.4 Å². The van der Waals surface area contributed by atoms with Crippen LogP contribution in [0.2, 0.25) is 10.0 Å². The lowest BCUT2D eigenvalue weighted by atomic mass is 10.1. The van der Waals surface area contributed by atoms with Crippen LogP contribution in [-0.2, 0) is 16.1 Å². The highest BCUT2D eigenvalue weighted by Crippen LogP contribution is 2.25. The first-order valence-corrected chi connectivity index (χ1v) is 8.47. The third kappa shape index (κ3) is 5.74. The molecule has 0 saturated carbocycles. The van der Waals surface area contributed by atoms with Gasteiger partial charge in [-0.1, -0.05) is 35.3 Å². The summed E-state index contributed by atoms with van der Waals surface area (Å²) in [5, 5.41) is 15.3. The minimum atomic E-state index is -0.602. The molecule has 0 aliphatic heterocycles. The number of esters is 1. The van der Waals surface area contributed by atoms with Crippen LogP contribution in [-0.4, -0.2) is 19.0 Å². The Kier molecular flexibility index (Phi) is 7.24. The minimum absolute atomic E-state index is 0.118. The van der Waals surface area contributed by atoms with Crippen LogP contribution in [0, 0.1) is 11.3 Å². The molecule has 0 radical (unpaired) electrons. The fourth-order valence-corrected chi connectivity index (χ4v) is 2.53. The van der Waals surface area contributed by atoms with Crippen molar-refractivity contribution >= 4 is 40.8 Å². The second-order valence-electron chi connectivity index (χ2n) is 5.32.